The van der Waals surface area contributed by atoms with E-state index in [-0.39, 0.29) is 18.1 Å². The van der Waals surface area contributed by atoms with Crippen molar-refractivity contribution in [2.24, 2.45) is 0 Å². The molecule has 0 spiro atoms. The van der Waals surface area contributed by atoms with E-state index in [4.69, 9.17) is 4.74 Å². The lowest BCUT2D eigenvalue weighted by atomic mass is 10.2. The monoisotopic (exact) mass is 227 g/mol. The lowest BCUT2D eigenvalue weighted by Gasteiger charge is -2.15. The summed E-state index contributed by atoms with van der Waals surface area (Å²) in [5.74, 6) is -0.0541. The van der Waals surface area contributed by atoms with Gasteiger partial charge in [0, 0.05) is 24.4 Å². The van der Waals surface area contributed by atoms with Gasteiger partial charge in [-0.25, -0.2) is 0 Å². The van der Waals surface area contributed by atoms with Gasteiger partial charge in [-0.05, 0) is 25.3 Å². The molecule has 1 rings (SSSR count). The second-order valence-corrected chi connectivity index (χ2v) is 4.60. The summed E-state index contributed by atoms with van der Waals surface area (Å²) in [7, 11) is 1.54. The molecule has 0 fully saturated rings. The van der Waals surface area contributed by atoms with Gasteiger partial charge in [0.15, 0.2) is 0 Å². The normalized spacial score (nSPS) is 14.6. The molecule has 4 heteroatoms. The van der Waals surface area contributed by atoms with Gasteiger partial charge in [0.05, 0.1) is 0 Å². The van der Waals surface area contributed by atoms with E-state index in [2.05, 4.69) is 11.4 Å². The van der Waals surface area contributed by atoms with E-state index in [0.29, 0.717) is 0 Å². The minimum absolute atomic E-state index is 0.0541. The minimum atomic E-state index is -0.379. The number of ether oxygens (including phenoxy) is 1. The molecule has 84 valence electrons. The summed E-state index contributed by atoms with van der Waals surface area (Å²) < 4.78 is 4.94. The van der Waals surface area contributed by atoms with Crippen LogP contribution in [0, 0.1) is 0 Å². The van der Waals surface area contributed by atoms with E-state index in [0.717, 1.165) is 6.42 Å². The number of hydrogen-bond donors (Lipinski definition) is 1. The molecule has 15 heavy (non-hydrogen) atoms. The standard InChI is InChI=1S/C11H17NO2S/c1-8(7-10-5-4-6-15-10)12-11(13)9(2)14-3/h4-6,8-9H,7H2,1-3H3,(H,12,13). The van der Waals surface area contributed by atoms with Crippen molar-refractivity contribution in [2.75, 3.05) is 7.11 Å². The van der Waals surface area contributed by atoms with Crippen molar-refractivity contribution in [1.29, 1.82) is 0 Å². The summed E-state index contributed by atoms with van der Waals surface area (Å²) in [6.07, 6.45) is 0.496. The lowest BCUT2D eigenvalue weighted by Crippen LogP contribution is -2.40. The Kier molecular flexibility index (Phi) is 4.78. The molecule has 1 heterocycles. The Morgan fingerprint density at radius 3 is 2.87 bits per heavy atom. The fourth-order valence-electron chi connectivity index (χ4n) is 1.25. The Morgan fingerprint density at radius 1 is 1.60 bits per heavy atom. The van der Waals surface area contributed by atoms with E-state index in [1.54, 1.807) is 18.3 Å². The largest absolute Gasteiger partial charge is 0.372 e. The Bertz CT molecular complexity index is 298. The van der Waals surface area contributed by atoms with Crippen molar-refractivity contribution in [2.45, 2.75) is 32.4 Å². The number of rotatable bonds is 5. The van der Waals surface area contributed by atoms with Crippen LogP contribution >= 0.6 is 11.3 Å². The second kappa shape index (κ2) is 5.88. The van der Waals surface area contributed by atoms with Gasteiger partial charge in [-0.2, -0.15) is 0 Å². The topological polar surface area (TPSA) is 38.3 Å². The van der Waals surface area contributed by atoms with Crippen molar-refractivity contribution in [3.8, 4) is 0 Å². The summed E-state index contributed by atoms with van der Waals surface area (Å²) >= 11 is 1.71. The zero-order chi connectivity index (χ0) is 11.3. The molecule has 2 atom stereocenters. The molecule has 0 saturated heterocycles. The zero-order valence-electron chi connectivity index (χ0n) is 9.32. The number of carbonyl (C=O) groups excluding carboxylic acids is 1. The molecule has 0 bridgehead atoms. The van der Waals surface area contributed by atoms with Crippen LogP contribution in [0.5, 0.6) is 0 Å². The third-order valence-corrected chi connectivity index (χ3v) is 3.10. The molecule has 0 radical (unpaired) electrons. The molecule has 2 unspecified atom stereocenters. The predicted octanol–water partition coefficient (Wildman–Crippen LogP) is 1.83. The van der Waals surface area contributed by atoms with Crippen LogP contribution in [-0.4, -0.2) is 25.2 Å². The van der Waals surface area contributed by atoms with Crippen LogP contribution in [0.4, 0.5) is 0 Å². The SMILES string of the molecule is COC(C)C(=O)NC(C)Cc1cccs1. The van der Waals surface area contributed by atoms with Crippen LogP contribution in [0.2, 0.25) is 0 Å². The zero-order valence-corrected chi connectivity index (χ0v) is 10.1. The fraction of sp³-hybridized carbons (Fsp3) is 0.545. The van der Waals surface area contributed by atoms with Crippen molar-refractivity contribution >= 4 is 17.2 Å². The average Bonchev–Trinajstić information content (AvgIpc) is 2.68. The molecule has 0 aliphatic heterocycles. The molecule has 0 aliphatic rings. The van der Waals surface area contributed by atoms with Gasteiger partial charge < -0.3 is 10.1 Å². The fourth-order valence-corrected chi connectivity index (χ4v) is 2.08. The van der Waals surface area contributed by atoms with Crippen molar-refractivity contribution in [1.82, 2.24) is 5.32 Å². The first-order chi connectivity index (χ1) is 7.13. The van der Waals surface area contributed by atoms with Crippen LogP contribution in [0.1, 0.15) is 18.7 Å². The molecular formula is C11H17NO2S. The average molecular weight is 227 g/mol. The molecule has 1 amide bonds. The maximum Gasteiger partial charge on any atom is 0.249 e. The van der Waals surface area contributed by atoms with Crippen molar-refractivity contribution < 1.29 is 9.53 Å². The summed E-state index contributed by atoms with van der Waals surface area (Å²) in [6.45, 7) is 3.74. The molecule has 0 aromatic carbocycles. The molecule has 0 saturated carbocycles. The van der Waals surface area contributed by atoms with Crippen LogP contribution < -0.4 is 5.32 Å². The van der Waals surface area contributed by atoms with Crippen LogP contribution in [0.3, 0.4) is 0 Å². The molecule has 1 aromatic heterocycles. The van der Waals surface area contributed by atoms with E-state index in [1.165, 1.54) is 12.0 Å². The van der Waals surface area contributed by atoms with Gasteiger partial charge in [-0.1, -0.05) is 6.07 Å². The highest BCUT2D eigenvalue weighted by atomic mass is 32.1. The summed E-state index contributed by atoms with van der Waals surface area (Å²) in [6, 6.07) is 4.24. The first-order valence-electron chi connectivity index (χ1n) is 4.99. The van der Waals surface area contributed by atoms with Gasteiger partial charge in [0.25, 0.3) is 0 Å². The third-order valence-electron chi connectivity index (χ3n) is 2.20. The molecule has 1 N–H and O–H groups in total. The number of carbonyl (C=O) groups is 1. The molecular weight excluding hydrogens is 210 g/mol. The van der Waals surface area contributed by atoms with E-state index in [1.807, 2.05) is 18.4 Å². The Balaban J connectivity index is 2.36. The Hall–Kier alpha value is -0.870. The van der Waals surface area contributed by atoms with Crippen molar-refractivity contribution in [3.05, 3.63) is 22.4 Å². The molecule has 0 aliphatic carbocycles. The number of hydrogen-bond acceptors (Lipinski definition) is 3. The van der Waals surface area contributed by atoms with Crippen LogP contribution in [-0.2, 0) is 16.0 Å². The second-order valence-electron chi connectivity index (χ2n) is 3.57. The number of methoxy groups -OCH3 is 1. The van der Waals surface area contributed by atoms with E-state index in [9.17, 15) is 4.79 Å². The summed E-state index contributed by atoms with van der Waals surface area (Å²) in [5, 5.41) is 4.95. The van der Waals surface area contributed by atoms with Gasteiger partial charge in [0.1, 0.15) is 6.10 Å². The summed E-state index contributed by atoms with van der Waals surface area (Å²) in [5.41, 5.74) is 0. The predicted molar refractivity (Wildman–Crippen MR) is 62.1 cm³/mol. The number of nitrogens with one attached hydrogen (secondary N) is 1. The summed E-state index contributed by atoms with van der Waals surface area (Å²) in [4.78, 5) is 12.8. The van der Waals surface area contributed by atoms with E-state index < -0.39 is 0 Å². The minimum Gasteiger partial charge on any atom is -0.372 e. The van der Waals surface area contributed by atoms with Gasteiger partial charge >= 0.3 is 0 Å². The molecule has 1 aromatic rings. The van der Waals surface area contributed by atoms with Crippen molar-refractivity contribution in [3.63, 3.8) is 0 Å². The van der Waals surface area contributed by atoms with E-state index >= 15 is 0 Å². The van der Waals surface area contributed by atoms with Crippen LogP contribution in [0.25, 0.3) is 0 Å². The maximum absolute atomic E-state index is 11.5. The Morgan fingerprint density at radius 2 is 2.33 bits per heavy atom. The third kappa shape index (κ3) is 4.01. The number of amides is 1. The highest BCUT2D eigenvalue weighted by Gasteiger charge is 2.14. The van der Waals surface area contributed by atoms with Gasteiger partial charge in [-0.15, -0.1) is 11.3 Å². The number of thiophene rings is 1. The van der Waals surface area contributed by atoms with Crippen LogP contribution in [0.15, 0.2) is 17.5 Å². The van der Waals surface area contributed by atoms with Gasteiger partial charge in [-0.3, -0.25) is 4.79 Å². The highest BCUT2D eigenvalue weighted by Crippen LogP contribution is 2.10. The van der Waals surface area contributed by atoms with Gasteiger partial charge in [0.2, 0.25) is 5.91 Å². The highest BCUT2D eigenvalue weighted by molar-refractivity contribution is 7.09. The Labute approximate surface area is 94.5 Å². The maximum atomic E-state index is 11.5. The lowest BCUT2D eigenvalue weighted by molar-refractivity contribution is -0.130. The quantitative estimate of drug-likeness (QED) is 0.833. The smallest absolute Gasteiger partial charge is 0.249 e. The molecule has 3 nitrogen and oxygen atoms in total. The first-order valence-corrected chi connectivity index (χ1v) is 5.87. The first kappa shape index (κ1) is 12.2.